The molecule has 0 aliphatic heterocycles. The summed E-state index contributed by atoms with van der Waals surface area (Å²) in [5.41, 5.74) is 0.805. The molecule has 21 heavy (non-hydrogen) atoms. The molecule has 0 saturated heterocycles. The van der Waals surface area contributed by atoms with Crippen LogP contribution in [0, 0.1) is 0 Å². The predicted octanol–water partition coefficient (Wildman–Crippen LogP) is 1.10. The lowest BCUT2D eigenvalue weighted by molar-refractivity contribution is 0.000436. The van der Waals surface area contributed by atoms with Crippen molar-refractivity contribution in [2.45, 2.75) is 13.5 Å². The van der Waals surface area contributed by atoms with Crippen molar-refractivity contribution in [2.75, 3.05) is 58.6 Å². The van der Waals surface area contributed by atoms with Gasteiger partial charge in [0, 0.05) is 13.7 Å². The molecule has 0 saturated carbocycles. The van der Waals surface area contributed by atoms with Gasteiger partial charge in [-0.25, -0.2) is 4.98 Å². The second-order valence-electron chi connectivity index (χ2n) is 4.19. The number of ether oxygens (including phenoxy) is 4. The lowest BCUT2D eigenvalue weighted by atomic mass is 10.5. The van der Waals surface area contributed by atoms with Crippen LogP contribution < -0.4 is 5.32 Å². The summed E-state index contributed by atoms with van der Waals surface area (Å²) in [4.78, 5) is 8.47. The van der Waals surface area contributed by atoms with E-state index in [1.54, 1.807) is 19.5 Å². The van der Waals surface area contributed by atoms with E-state index in [1.165, 1.54) is 0 Å². The molecule has 0 atom stereocenters. The van der Waals surface area contributed by atoms with Gasteiger partial charge in [-0.05, 0) is 6.92 Å². The van der Waals surface area contributed by atoms with E-state index in [-0.39, 0.29) is 0 Å². The van der Waals surface area contributed by atoms with Gasteiger partial charge < -0.3 is 24.3 Å². The third-order valence-electron chi connectivity index (χ3n) is 2.49. The topological polar surface area (TPSA) is 74.7 Å². The number of aromatic nitrogens is 2. The van der Waals surface area contributed by atoms with Crippen LogP contribution in [0.3, 0.4) is 0 Å². The van der Waals surface area contributed by atoms with Crippen molar-refractivity contribution in [1.82, 2.24) is 9.97 Å². The molecule has 1 N–H and O–H groups in total. The molecule has 0 spiro atoms. The van der Waals surface area contributed by atoms with Gasteiger partial charge >= 0.3 is 0 Å². The van der Waals surface area contributed by atoms with E-state index in [1.807, 2.05) is 6.92 Å². The Hall–Kier alpha value is -1.28. The number of nitrogens with zero attached hydrogens (tertiary/aromatic N) is 2. The van der Waals surface area contributed by atoms with Gasteiger partial charge in [-0.1, -0.05) is 0 Å². The van der Waals surface area contributed by atoms with Gasteiger partial charge in [0.15, 0.2) is 0 Å². The van der Waals surface area contributed by atoms with Crippen LogP contribution in [0.2, 0.25) is 0 Å². The first kappa shape index (κ1) is 17.8. The van der Waals surface area contributed by atoms with Crippen molar-refractivity contribution in [3.8, 4) is 0 Å². The molecule has 1 rings (SSSR count). The Kier molecular flexibility index (Phi) is 10.5. The summed E-state index contributed by atoms with van der Waals surface area (Å²) in [6.45, 7) is 6.68. The van der Waals surface area contributed by atoms with Crippen molar-refractivity contribution >= 4 is 5.82 Å². The Morgan fingerprint density at radius 2 is 1.57 bits per heavy atom. The highest BCUT2D eigenvalue weighted by Gasteiger charge is 1.97. The third kappa shape index (κ3) is 9.30. The molecule has 7 nitrogen and oxygen atoms in total. The second kappa shape index (κ2) is 12.5. The zero-order valence-electron chi connectivity index (χ0n) is 12.8. The summed E-state index contributed by atoms with van der Waals surface area (Å²) >= 11 is 0. The smallest absolute Gasteiger partial charge is 0.144 e. The van der Waals surface area contributed by atoms with Crippen molar-refractivity contribution in [3.05, 3.63) is 18.1 Å². The zero-order valence-corrected chi connectivity index (χ0v) is 12.8. The normalized spacial score (nSPS) is 10.8. The van der Waals surface area contributed by atoms with Crippen LogP contribution >= 0.6 is 0 Å². The van der Waals surface area contributed by atoms with Crippen molar-refractivity contribution in [2.24, 2.45) is 0 Å². The van der Waals surface area contributed by atoms with Crippen LogP contribution in [0.15, 0.2) is 12.4 Å². The van der Waals surface area contributed by atoms with E-state index >= 15 is 0 Å². The van der Waals surface area contributed by atoms with Crippen molar-refractivity contribution in [3.63, 3.8) is 0 Å². The number of rotatable bonds is 13. The summed E-state index contributed by atoms with van der Waals surface area (Å²) in [5, 5.41) is 3.09. The Morgan fingerprint density at radius 1 is 0.905 bits per heavy atom. The van der Waals surface area contributed by atoms with Gasteiger partial charge in [0.25, 0.3) is 0 Å². The summed E-state index contributed by atoms with van der Waals surface area (Å²) < 4.78 is 21.0. The Bertz CT molecular complexity index is 349. The Labute approximate surface area is 126 Å². The maximum Gasteiger partial charge on any atom is 0.144 e. The van der Waals surface area contributed by atoms with E-state index < -0.39 is 0 Å². The van der Waals surface area contributed by atoms with E-state index in [4.69, 9.17) is 18.9 Å². The number of hydrogen-bond donors (Lipinski definition) is 1. The highest BCUT2D eigenvalue weighted by molar-refractivity contribution is 5.30. The van der Waals surface area contributed by atoms with Crippen molar-refractivity contribution < 1.29 is 18.9 Å². The van der Waals surface area contributed by atoms with E-state index in [0.29, 0.717) is 46.2 Å². The molecule has 1 aromatic rings. The molecule has 1 heterocycles. The minimum absolute atomic E-state index is 0.438. The molecule has 0 aromatic carbocycles. The molecule has 0 unspecified atom stereocenters. The van der Waals surface area contributed by atoms with E-state index in [9.17, 15) is 0 Å². The average Bonchev–Trinajstić information content (AvgIpc) is 2.51. The largest absolute Gasteiger partial charge is 0.382 e. The van der Waals surface area contributed by atoms with Gasteiger partial charge in [-0.3, -0.25) is 4.98 Å². The molecule has 1 aromatic heterocycles. The minimum atomic E-state index is 0.438. The summed E-state index contributed by atoms with van der Waals surface area (Å²) in [7, 11) is 1.65. The van der Waals surface area contributed by atoms with Gasteiger partial charge in [0.2, 0.25) is 0 Å². The molecule has 0 aliphatic carbocycles. The fourth-order valence-corrected chi connectivity index (χ4v) is 1.46. The van der Waals surface area contributed by atoms with Crippen LogP contribution in [0.1, 0.15) is 12.6 Å². The van der Waals surface area contributed by atoms with Gasteiger partial charge in [-0.15, -0.1) is 0 Å². The Balaban J connectivity index is 1.94. The maximum absolute atomic E-state index is 5.46. The highest BCUT2D eigenvalue weighted by Crippen LogP contribution is 2.01. The van der Waals surface area contributed by atoms with Crippen LogP contribution in [0.5, 0.6) is 0 Å². The molecule has 120 valence electrons. The molecule has 0 amide bonds. The number of anilines is 1. The highest BCUT2D eigenvalue weighted by atomic mass is 16.6. The van der Waals surface area contributed by atoms with Gasteiger partial charge in [0.05, 0.1) is 64.3 Å². The summed E-state index contributed by atoms with van der Waals surface area (Å²) in [6, 6.07) is 0. The summed E-state index contributed by atoms with van der Waals surface area (Å²) in [6.07, 6.45) is 3.42. The molecule has 0 fully saturated rings. The standard InChI is InChI=1S/C14H25N3O4/c1-3-15-14-11-16-13(10-17-14)12-21-9-8-20-7-6-19-5-4-18-2/h10-11H,3-9,12H2,1-2H3,(H,15,17). The van der Waals surface area contributed by atoms with Crippen molar-refractivity contribution in [1.29, 1.82) is 0 Å². The second-order valence-corrected chi connectivity index (χ2v) is 4.19. The zero-order chi connectivity index (χ0) is 15.2. The average molecular weight is 299 g/mol. The fourth-order valence-electron chi connectivity index (χ4n) is 1.46. The Morgan fingerprint density at radius 3 is 2.14 bits per heavy atom. The fraction of sp³-hybridized carbons (Fsp3) is 0.714. The van der Waals surface area contributed by atoms with Crippen LogP contribution in [-0.4, -0.2) is 63.3 Å². The monoisotopic (exact) mass is 299 g/mol. The quantitative estimate of drug-likeness (QED) is 0.547. The molecule has 0 bridgehead atoms. The van der Waals surface area contributed by atoms with Crippen LogP contribution in [0.4, 0.5) is 5.82 Å². The maximum atomic E-state index is 5.46. The minimum Gasteiger partial charge on any atom is -0.382 e. The predicted molar refractivity (Wildman–Crippen MR) is 79.4 cm³/mol. The third-order valence-corrected chi connectivity index (χ3v) is 2.49. The SMILES string of the molecule is CCNc1cnc(COCCOCCOCCOC)cn1. The number of hydrogen-bond acceptors (Lipinski definition) is 7. The lowest BCUT2D eigenvalue weighted by Crippen LogP contribution is -2.11. The molecule has 7 heteroatoms. The van der Waals surface area contributed by atoms with Gasteiger partial charge in [0.1, 0.15) is 5.82 Å². The number of nitrogens with one attached hydrogen (secondary N) is 1. The van der Waals surface area contributed by atoms with E-state index in [0.717, 1.165) is 18.1 Å². The first-order valence-corrected chi connectivity index (χ1v) is 7.13. The lowest BCUT2D eigenvalue weighted by Gasteiger charge is -2.07. The van der Waals surface area contributed by atoms with E-state index in [2.05, 4.69) is 15.3 Å². The molecule has 0 aliphatic rings. The first-order chi connectivity index (χ1) is 10.4. The van der Waals surface area contributed by atoms with Gasteiger partial charge in [-0.2, -0.15) is 0 Å². The molecule has 0 radical (unpaired) electrons. The number of methoxy groups -OCH3 is 1. The molecular formula is C14H25N3O4. The summed E-state index contributed by atoms with van der Waals surface area (Å²) in [5.74, 6) is 0.776. The molecular weight excluding hydrogens is 274 g/mol. The van der Waals surface area contributed by atoms with Crippen LogP contribution in [-0.2, 0) is 25.6 Å². The van der Waals surface area contributed by atoms with Crippen LogP contribution in [0.25, 0.3) is 0 Å². The first-order valence-electron chi connectivity index (χ1n) is 7.13.